The maximum atomic E-state index is 13.1. The second-order valence-electron chi connectivity index (χ2n) is 3.85. The van der Waals surface area contributed by atoms with Crippen LogP contribution in [-0.4, -0.2) is 5.11 Å². The van der Waals surface area contributed by atoms with Crippen LogP contribution < -0.4 is 0 Å². The van der Waals surface area contributed by atoms with Gasteiger partial charge in [0.05, 0.1) is 0 Å². The Morgan fingerprint density at radius 2 is 1.94 bits per heavy atom. The Morgan fingerprint density at radius 1 is 1.19 bits per heavy atom. The zero-order valence-corrected chi connectivity index (χ0v) is 9.20. The predicted octanol–water partition coefficient (Wildman–Crippen LogP) is 3.12. The summed E-state index contributed by atoms with van der Waals surface area (Å²) in [6, 6.07) is 7.82. The van der Waals surface area contributed by atoms with Crippen LogP contribution in [-0.2, 0) is 0 Å². The number of aliphatic hydroxyl groups is 1. The van der Waals surface area contributed by atoms with Gasteiger partial charge < -0.3 is 9.52 Å². The molecule has 1 heterocycles. The standard InChI is InChI=1S/C13H13FO2/c1-8-3-5-10(14)7-11(8)13(15)12-6-4-9(2)16-12/h3-7,13,15H,1-2H3/t13-/m1/s1. The number of rotatable bonds is 2. The van der Waals surface area contributed by atoms with Crippen molar-refractivity contribution in [1.82, 2.24) is 0 Å². The van der Waals surface area contributed by atoms with Crippen molar-refractivity contribution in [3.05, 3.63) is 58.8 Å². The third-order valence-electron chi connectivity index (χ3n) is 2.57. The van der Waals surface area contributed by atoms with Crippen LogP contribution in [0.1, 0.15) is 28.8 Å². The van der Waals surface area contributed by atoms with Crippen molar-refractivity contribution in [2.75, 3.05) is 0 Å². The monoisotopic (exact) mass is 220 g/mol. The molecule has 0 aliphatic heterocycles. The fourth-order valence-corrected chi connectivity index (χ4v) is 1.66. The highest BCUT2D eigenvalue weighted by molar-refractivity contribution is 5.32. The highest BCUT2D eigenvalue weighted by Crippen LogP contribution is 2.26. The van der Waals surface area contributed by atoms with Crippen LogP contribution in [0, 0.1) is 19.7 Å². The first kappa shape index (κ1) is 10.9. The second-order valence-corrected chi connectivity index (χ2v) is 3.85. The van der Waals surface area contributed by atoms with Gasteiger partial charge in [0, 0.05) is 0 Å². The van der Waals surface area contributed by atoms with Crippen molar-refractivity contribution in [2.45, 2.75) is 20.0 Å². The quantitative estimate of drug-likeness (QED) is 0.843. The van der Waals surface area contributed by atoms with E-state index in [1.165, 1.54) is 12.1 Å². The fourth-order valence-electron chi connectivity index (χ4n) is 1.66. The van der Waals surface area contributed by atoms with Gasteiger partial charge in [-0.3, -0.25) is 0 Å². The lowest BCUT2D eigenvalue weighted by atomic mass is 10.0. The molecule has 0 radical (unpaired) electrons. The summed E-state index contributed by atoms with van der Waals surface area (Å²) in [4.78, 5) is 0. The third kappa shape index (κ3) is 1.99. The summed E-state index contributed by atoms with van der Waals surface area (Å²) in [6.07, 6.45) is -0.913. The van der Waals surface area contributed by atoms with Gasteiger partial charge in [0.15, 0.2) is 0 Å². The molecule has 0 aliphatic carbocycles. The summed E-state index contributed by atoms with van der Waals surface area (Å²) in [7, 11) is 0. The van der Waals surface area contributed by atoms with Crippen molar-refractivity contribution in [3.8, 4) is 0 Å². The van der Waals surface area contributed by atoms with Crippen molar-refractivity contribution in [3.63, 3.8) is 0 Å². The average molecular weight is 220 g/mol. The van der Waals surface area contributed by atoms with Crippen LogP contribution in [0.3, 0.4) is 0 Å². The molecule has 0 spiro atoms. The average Bonchev–Trinajstić information content (AvgIpc) is 2.67. The van der Waals surface area contributed by atoms with Crippen molar-refractivity contribution in [2.24, 2.45) is 0 Å². The van der Waals surface area contributed by atoms with E-state index in [2.05, 4.69) is 0 Å². The van der Waals surface area contributed by atoms with E-state index < -0.39 is 6.10 Å². The van der Waals surface area contributed by atoms with E-state index in [9.17, 15) is 9.50 Å². The third-order valence-corrected chi connectivity index (χ3v) is 2.57. The largest absolute Gasteiger partial charge is 0.463 e. The molecule has 16 heavy (non-hydrogen) atoms. The topological polar surface area (TPSA) is 33.4 Å². The minimum Gasteiger partial charge on any atom is -0.463 e. The lowest BCUT2D eigenvalue weighted by molar-refractivity contribution is 0.186. The SMILES string of the molecule is Cc1ccc([C@H](O)c2cc(F)ccc2C)o1. The molecular weight excluding hydrogens is 207 g/mol. The Kier molecular flexibility index (Phi) is 2.79. The van der Waals surface area contributed by atoms with E-state index in [0.717, 1.165) is 11.3 Å². The van der Waals surface area contributed by atoms with Crippen molar-refractivity contribution >= 4 is 0 Å². The molecule has 0 amide bonds. The molecule has 84 valence electrons. The lowest BCUT2D eigenvalue weighted by Gasteiger charge is -2.11. The van der Waals surface area contributed by atoms with E-state index in [1.54, 1.807) is 25.1 Å². The molecule has 0 saturated heterocycles. The molecule has 3 heteroatoms. The van der Waals surface area contributed by atoms with Gasteiger partial charge in [0.2, 0.25) is 0 Å². The van der Waals surface area contributed by atoms with E-state index in [-0.39, 0.29) is 5.82 Å². The molecule has 2 nitrogen and oxygen atoms in total. The van der Waals surface area contributed by atoms with Crippen LogP contribution in [0.2, 0.25) is 0 Å². The zero-order chi connectivity index (χ0) is 11.7. The van der Waals surface area contributed by atoms with Crippen molar-refractivity contribution < 1.29 is 13.9 Å². The van der Waals surface area contributed by atoms with Crippen molar-refractivity contribution in [1.29, 1.82) is 0 Å². The van der Waals surface area contributed by atoms with E-state index in [1.807, 2.05) is 6.92 Å². The van der Waals surface area contributed by atoms with Crippen LogP contribution in [0.15, 0.2) is 34.7 Å². The molecule has 2 rings (SSSR count). The molecular formula is C13H13FO2. The van der Waals surface area contributed by atoms with Gasteiger partial charge in [-0.05, 0) is 49.2 Å². The Morgan fingerprint density at radius 3 is 2.56 bits per heavy atom. The number of hydrogen-bond donors (Lipinski definition) is 1. The van der Waals surface area contributed by atoms with E-state index >= 15 is 0 Å². The summed E-state index contributed by atoms with van der Waals surface area (Å²) >= 11 is 0. The Balaban J connectivity index is 2.40. The van der Waals surface area contributed by atoms with Gasteiger partial charge >= 0.3 is 0 Å². The molecule has 0 saturated carbocycles. The zero-order valence-electron chi connectivity index (χ0n) is 9.20. The van der Waals surface area contributed by atoms with Crippen LogP contribution in [0.25, 0.3) is 0 Å². The predicted molar refractivity (Wildman–Crippen MR) is 58.6 cm³/mol. The molecule has 1 aromatic carbocycles. The van der Waals surface area contributed by atoms with Crippen LogP contribution in [0.4, 0.5) is 4.39 Å². The number of aliphatic hydroxyl groups excluding tert-OH is 1. The maximum Gasteiger partial charge on any atom is 0.137 e. The van der Waals surface area contributed by atoms with E-state index in [0.29, 0.717) is 11.3 Å². The number of furan rings is 1. The first-order valence-corrected chi connectivity index (χ1v) is 5.08. The van der Waals surface area contributed by atoms with Gasteiger partial charge in [-0.15, -0.1) is 0 Å². The first-order chi connectivity index (χ1) is 7.58. The van der Waals surface area contributed by atoms with Crippen LogP contribution in [0.5, 0.6) is 0 Å². The van der Waals surface area contributed by atoms with Gasteiger partial charge in [0.1, 0.15) is 23.4 Å². The molecule has 0 unspecified atom stereocenters. The number of benzene rings is 1. The minimum absolute atomic E-state index is 0.358. The highest BCUT2D eigenvalue weighted by Gasteiger charge is 2.16. The summed E-state index contributed by atoms with van der Waals surface area (Å²) in [5.74, 6) is 0.803. The smallest absolute Gasteiger partial charge is 0.137 e. The van der Waals surface area contributed by atoms with Gasteiger partial charge in [-0.2, -0.15) is 0 Å². The minimum atomic E-state index is -0.913. The number of halogens is 1. The summed E-state index contributed by atoms with van der Waals surface area (Å²) in [6.45, 7) is 3.63. The molecule has 1 aromatic heterocycles. The number of hydrogen-bond acceptors (Lipinski definition) is 2. The summed E-state index contributed by atoms with van der Waals surface area (Å²) in [5, 5.41) is 10.1. The Labute approximate surface area is 93.3 Å². The Hall–Kier alpha value is -1.61. The molecule has 0 fully saturated rings. The second kappa shape index (κ2) is 4.10. The Bertz CT molecular complexity index is 502. The fraction of sp³-hybridized carbons (Fsp3) is 0.231. The lowest BCUT2D eigenvalue weighted by Crippen LogP contribution is -2.01. The highest BCUT2D eigenvalue weighted by atomic mass is 19.1. The number of aryl methyl sites for hydroxylation is 2. The summed E-state index contributed by atoms with van der Waals surface area (Å²) < 4.78 is 18.4. The molecule has 1 N–H and O–H groups in total. The molecule has 0 bridgehead atoms. The van der Waals surface area contributed by atoms with Gasteiger partial charge in [-0.1, -0.05) is 6.07 Å². The normalized spacial score (nSPS) is 12.8. The maximum absolute atomic E-state index is 13.1. The molecule has 2 aromatic rings. The summed E-state index contributed by atoms with van der Waals surface area (Å²) in [5.41, 5.74) is 1.37. The van der Waals surface area contributed by atoms with Gasteiger partial charge in [-0.25, -0.2) is 4.39 Å². The van der Waals surface area contributed by atoms with Crippen LogP contribution >= 0.6 is 0 Å². The van der Waals surface area contributed by atoms with Gasteiger partial charge in [0.25, 0.3) is 0 Å². The molecule has 0 aliphatic rings. The van der Waals surface area contributed by atoms with E-state index in [4.69, 9.17) is 4.42 Å². The molecule has 1 atom stereocenters. The first-order valence-electron chi connectivity index (χ1n) is 5.08.